The number of hydrogen-bond acceptors (Lipinski definition) is 5. The summed E-state index contributed by atoms with van der Waals surface area (Å²) in [6, 6.07) is 10.4. The monoisotopic (exact) mass is 420 g/mol. The Balaban J connectivity index is 1.32. The van der Waals surface area contributed by atoms with Crippen LogP contribution in [0, 0.1) is 6.92 Å². The molecule has 1 N–H and O–H groups in total. The second-order valence-corrected chi connectivity index (χ2v) is 9.87. The van der Waals surface area contributed by atoms with E-state index >= 15 is 0 Å². The van der Waals surface area contributed by atoms with E-state index in [1.165, 1.54) is 16.6 Å². The third-order valence-corrected chi connectivity index (χ3v) is 7.80. The fourth-order valence-electron chi connectivity index (χ4n) is 4.75. The van der Waals surface area contributed by atoms with Crippen LogP contribution in [0.1, 0.15) is 65.5 Å². The molecule has 2 unspecified atom stereocenters. The average molecular weight is 421 g/mol. The fraction of sp³-hybridized carbons (Fsp3) is 0.458. The number of aromatic nitrogens is 2. The molecule has 5 rings (SSSR count). The minimum absolute atomic E-state index is 0.0701. The van der Waals surface area contributed by atoms with Gasteiger partial charge in [-0.1, -0.05) is 12.1 Å². The normalized spacial score (nSPS) is 22.8. The molecular formula is C24H28N4OS. The van der Waals surface area contributed by atoms with Gasteiger partial charge in [-0.15, -0.1) is 11.3 Å². The van der Waals surface area contributed by atoms with Crippen molar-refractivity contribution in [2.75, 3.05) is 20.1 Å². The van der Waals surface area contributed by atoms with E-state index in [4.69, 9.17) is 4.98 Å². The van der Waals surface area contributed by atoms with Crippen molar-refractivity contribution >= 4 is 27.5 Å². The lowest BCUT2D eigenvalue weighted by Crippen LogP contribution is -2.53. The van der Waals surface area contributed by atoms with Gasteiger partial charge < -0.3 is 10.2 Å². The van der Waals surface area contributed by atoms with Crippen LogP contribution in [-0.4, -0.2) is 46.5 Å². The summed E-state index contributed by atoms with van der Waals surface area (Å²) in [7, 11) is 1.95. The highest BCUT2D eigenvalue weighted by atomic mass is 32.1. The molecule has 5 nitrogen and oxygen atoms in total. The summed E-state index contributed by atoms with van der Waals surface area (Å²) >= 11 is 1.68. The third-order valence-electron chi connectivity index (χ3n) is 6.99. The number of nitrogens with one attached hydrogen (secondary N) is 1. The summed E-state index contributed by atoms with van der Waals surface area (Å²) < 4.78 is 0. The number of thiophene rings is 1. The number of benzene rings is 1. The van der Waals surface area contributed by atoms with Crippen LogP contribution in [0.3, 0.4) is 0 Å². The van der Waals surface area contributed by atoms with Crippen molar-refractivity contribution in [1.29, 1.82) is 0 Å². The van der Waals surface area contributed by atoms with Crippen molar-refractivity contribution in [3.8, 4) is 0 Å². The molecule has 1 saturated heterocycles. The van der Waals surface area contributed by atoms with E-state index in [1.807, 2.05) is 31.0 Å². The van der Waals surface area contributed by atoms with Crippen LogP contribution in [0.5, 0.6) is 0 Å². The maximum Gasteiger partial charge on any atom is 0.254 e. The van der Waals surface area contributed by atoms with Gasteiger partial charge in [-0.2, -0.15) is 0 Å². The Morgan fingerprint density at radius 3 is 2.60 bits per heavy atom. The molecule has 1 aliphatic heterocycles. The Bertz CT molecular complexity index is 1080. The molecule has 1 aromatic carbocycles. The molecule has 156 valence electrons. The zero-order valence-electron chi connectivity index (χ0n) is 17.8. The Morgan fingerprint density at radius 1 is 1.13 bits per heavy atom. The van der Waals surface area contributed by atoms with Gasteiger partial charge in [0.2, 0.25) is 0 Å². The highest BCUT2D eigenvalue weighted by Gasteiger charge is 2.42. The molecular weight excluding hydrogens is 392 g/mol. The van der Waals surface area contributed by atoms with Gasteiger partial charge >= 0.3 is 0 Å². The standard InChI is InChI=1S/C24H28N4OS/c1-15-26-21(18-8-13-30-22(18)27-15)20-14-19(20)16-4-6-17(7-5-16)23(29)28(3)24(2)9-11-25-12-10-24/h4-8,13,19-20,25H,9-12,14H2,1-3H3. The van der Waals surface area contributed by atoms with Crippen LogP contribution in [-0.2, 0) is 0 Å². The molecule has 3 heterocycles. The second-order valence-electron chi connectivity index (χ2n) is 8.98. The van der Waals surface area contributed by atoms with Crippen molar-refractivity contribution in [1.82, 2.24) is 20.2 Å². The quantitative estimate of drug-likeness (QED) is 0.676. The smallest absolute Gasteiger partial charge is 0.254 e. The largest absolute Gasteiger partial charge is 0.336 e. The SMILES string of the molecule is Cc1nc(C2CC2c2ccc(C(=O)N(C)C3(C)CCNCC3)cc2)c2ccsc2n1. The van der Waals surface area contributed by atoms with E-state index in [1.54, 1.807) is 11.3 Å². The first-order chi connectivity index (χ1) is 14.5. The molecule has 2 fully saturated rings. The topological polar surface area (TPSA) is 58.1 Å². The molecule has 3 aromatic rings. The van der Waals surface area contributed by atoms with Gasteiger partial charge in [0.05, 0.1) is 5.69 Å². The molecule has 1 aliphatic carbocycles. The first-order valence-electron chi connectivity index (χ1n) is 10.8. The number of hydrogen-bond donors (Lipinski definition) is 1. The van der Waals surface area contributed by atoms with E-state index in [0.29, 0.717) is 11.8 Å². The summed E-state index contributed by atoms with van der Waals surface area (Å²) in [5.41, 5.74) is 3.19. The van der Waals surface area contributed by atoms with Crippen molar-refractivity contribution in [3.05, 3.63) is 58.4 Å². The number of carbonyl (C=O) groups is 1. The lowest BCUT2D eigenvalue weighted by atomic mass is 9.88. The average Bonchev–Trinajstić information content (AvgIpc) is 3.42. The van der Waals surface area contributed by atoms with Gasteiger partial charge in [0.25, 0.3) is 5.91 Å². The van der Waals surface area contributed by atoms with Crippen LogP contribution < -0.4 is 5.32 Å². The van der Waals surface area contributed by atoms with Crippen LogP contribution in [0.4, 0.5) is 0 Å². The minimum Gasteiger partial charge on any atom is -0.336 e. The molecule has 2 atom stereocenters. The molecule has 6 heteroatoms. The van der Waals surface area contributed by atoms with Gasteiger partial charge in [-0.3, -0.25) is 4.79 Å². The summed E-state index contributed by atoms with van der Waals surface area (Å²) in [6.07, 6.45) is 3.10. The lowest BCUT2D eigenvalue weighted by Gasteiger charge is -2.42. The first-order valence-corrected chi connectivity index (χ1v) is 11.6. The van der Waals surface area contributed by atoms with E-state index in [9.17, 15) is 4.79 Å². The number of fused-ring (bicyclic) bond motifs is 1. The molecule has 1 saturated carbocycles. The van der Waals surface area contributed by atoms with Gasteiger partial charge in [-0.25, -0.2) is 9.97 Å². The molecule has 0 radical (unpaired) electrons. The predicted octanol–water partition coefficient (Wildman–Crippen LogP) is 4.48. The van der Waals surface area contributed by atoms with E-state index in [-0.39, 0.29) is 11.4 Å². The third kappa shape index (κ3) is 3.42. The van der Waals surface area contributed by atoms with Crippen molar-refractivity contribution < 1.29 is 4.79 Å². The van der Waals surface area contributed by atoms with E-state index in [0.717, 1.165) is 48.6 Å². The van der Waals surface area contributed by atoms with E-state index in [2.05, 4.69) is 40.8 Å². The van der Waals surface area contributed by atoms with Gasteiger partial charge in [-0.05, 0) is 81.3 Å². The molecule has 0 spiro atoms. The predicted molar refractivity (Wildman–Crippen MR) is 121 cm³/mol. The highest BCUT2D eigenvalue weighted by Crippen LogP contribution is 2.55. The molecule has 30 heavy (non-hydrogen) atoms. The molecule has 0 bridgehead atoms. The zero-order chi connectivity index (χ0) is 20.9. The minimum atomic E-state index is -0.0701. The Kier molecular flexibility index (Phi) is 4.86. The van der Waals surface area contributed by atoms with Gasteiger partial charge in [0.15, 0.2) is 0 Å². The number of rotatable bonds is 4. The summed E-state index contributed by atoms with van der Waals surface area (Å²) in [5, 5.41) is 6.68. The maximum absolute atomic E-state index is 13.1. The Morgan fingerprint density at radius 2 is 1.87 bits per heavy atom. The van der Waals surface area contributed by atoms with Crippen LogP contribution in [0.15, 0.2) is 35.7 Å². The summed E-state index contributed by atoms with van der Waals surface area (Å²) in [4.78, 5) is 25.4. The van der Waals surface area contributed by atoms with Crippen molar-refractivity contribution in [2.24, 2.45) is 0 Å². The van der Waals surface area contributed by atoms with Crippen molar-refractivity contribution in [3.63, 3.8) is 0 Å². The van der Waals surface area contributed by atoms with E-state index < -0.39 is 0 Å². The van der Waals surface area contributed by atoms with Crippen molar-refractivity contribution in [2.45, 2.75) is 50.5 Å². The second kappa shape index (κ2) is 7.43. The number of carbonyl (C=O) groups excluding carboxylic acids is 1. The lowest BCUT2D eigenvalue weighted by molar-refractivity contribution is 0.0520. The first kappa shape index (κ1) is 19.6. The fourth-order valence-corrected chi connectivity index (χ4v) is 5.57. The highest BCUT2D eigenvalue weighted by molar-refractivity contribution is 7.16. The Hall–Kier alpha value is -2.31. The van der Waals surface area contributed by atoms with Gasteiger partial charge in [0.1, 0.15) is 10.7 Å². The number of amides is 1. The summed E-state index contributed by atoms with van der Waals surface area (Å²) in [5.74, 6) is 1.89. The molecule has 1 amide bonds. The Labute approximate surface area is 181 Å². The maximum atomic E-state index is 13.1. The van der Waals surface area contributed by atoms with Crippen LogP contribution in [0.2, 0.25) is 0 Å². The number of nitrogens with zero attached hydrogens (tertiary/aromatic N) is 3. The number of aryl methyl sites for hydroxylation is 1. The van der Waals surface area contributed by atoms with Gasteiger partial charge in [0, 0.05) is 29.5 Å². The zero-order valence-corrected chi connectivity index (χ0v) is 18.6. The molecule has 2 aliphatic rings. The van der Waals surface area contributed by atoms with Crippen LogP contribution >= 0.6 is 11.3 Å². The van der Waals surface area contributed by atoms with Crippen LogP contribution in [0.25, 0.3) is 10.2 Å². The summed E-state index contributed by atoms with van der Waals surface area (Å²) in [6.45, 7) is 6.11. The number of piperidine rings is 1. The molecule has 2 aromatic heterocycles.